The van der Waals surface area contributed by atoms with E-state index in [1.807, 2.05) is 24.3 Å². The molecule has 148 valence electrons. The van der Waals surface area contributed by atoms with Gasteiger partial charge in [-0.25, -0.2) is 0 Å². The molecule has 5 aromatic carbocycles. The molecule has 0 saturated carbocycles. The van der Waals surface area contributed by atoms with Crippen molar-refractivity contribution in [2.24, 2.45) is 0 Å². The third-order valence-electron chi connectivity index (χ3n) is 7.04. The fourth-order valence-corrected chi connectivity index (χ4v) is 5.51. The van der Waals surface area contributed by atoms with E-state index >= 15 is 0 Å². The molecular formula is C24H12B2N2O4. The summed E-state index contributed by atoms with van der Waals surface area (Å²) in [6.45, 7) is 0. The van der Waals surface area contributed by atoms with Crippen molar-refractivity contribution in [3.63, 3.8) is 0 Å². The van der Waals surface area contributed by atoms with Gasteiger partial charge in [-0.15, -0.1) is 0 Å². The lowest BCUT2D eigenvalue weighted by Crippen LogP contribution is -2.38. The molecule has 0 saturated heterocycles. The Kier molecular flexibility index (Phi) is 2.92. The van der Waals surface area contributed by atoms with Gasteiger partial charge in [0.2, 0.25) is 39.6 Å². The van der Waals surface area contributed by atoms with Crippen LogP contribution in [0.5, 0.6) is 0 Å². The predicted molar refractivity (Wildman–Crippen MR) is 126 cm³/mol. The number of hydrogen-bond acceptors (Lipinski definition) is 4. The molecule has 32 heavy (non-hydrogen) atoms. The van der Waals surface area contributed by atoms with Gasteiger partial charge in [-0.05, 0) is 56.6 Å². The summed E-state index contributed by atoms with van der Waals surface area (Å²) in [5, 5.41) is 6.60. The molecule has 0 aliphatic carbocycles. The van der Waals surface area contributed by atoms with Crippen LogP contribution in [0.4, 0.5) is 0 Å². The van der Waals surface area contributed by atoms with Crippen LogP contribution in [0.25, 0.3) is 43.1 Å². The number of amides is 4. The van der Waals surface area contributed by atoms with E-state index in [4.69, 9.17) is 0 Å². The molecule has 2 aliphatic rings. The molecule has 0 fully saturated rings. The summed E-state index contributed by atoms with van der Waals surface area (Å²) < 4.78 is 0. The van der Waals surface area contributed by atoms with Gasteiger partial charge in [-0.3, -0.25) is 19.2 Å². The van der Waals surface area contributed by atoms with Crippen LogP contribution in [0.1, 0.15) is 41.4 Å². The molecule has 0 aromatic heterocycles. The minimum absolute atomic E-state index is 0.318. The second-order valence-electron chi connectivity index (χ2n) is 8.48. The van der Waals surface area contributed by atoms with Crippen molar-refractivity contribution in [3.8, 4) is 0 Å². The van der Waals surface area contributed by atoms with Crippen molar-refractivity contribution >= 4 is 82.7 Å². The maximum Gasteiger partial charge on any atom is 0.248 e. The standard InChI is InChI=1S/C24H12B2N2O4/c25-27-21(29)13-5-1-9-10-2-6-15-20-16(24(32)28(26)23(15)31)8-4-12(18(10)20)11-3-7-14(22(27)30)19(13)17(9)11/h1-8H,25-26H2. The number of rotatable bonds is 0. The summed E-state index contributed by atoms with van der Waals surface area (Å²) >= 11 is 0. The number of carbonyl (C=O) groups is 4. The van der Waals surface area contributed by atoms with E-state index in [1.165, 1.54) is 16.0 Å². The van der Waals surface area contributed by atoms with Gasteiger partial charge in [0.05, 0.1) is 0 Å². The van der Waals surface area contributed by atoms with Gasteiger partial charge in [0.15, 0.2) is 0 Å². The van der Waals surface area contributed by atoms with E-state index < -0.39 is 0 Å². The Bertz CT molecular complexity index is 1540. The van der Waals surface area contributed by atoms with E-state index in [9.17, 15) is 19.2 Å². The van der Waals surface area contributed by atoms with Gasteiger partial charge < -0.3 is 9.62 Å². The molecule has 5 aromatic rings. The lowest BCUT2D eigenvalue weighted by atomic mass is 9.81. The number of hydrogen-bond donors (Lipinski definition) is 0. The maximum absolute atomic E-state index is 12.8. The van der Waals surface area contributed by atoms with E-state index in [1.54, 1.807) is 24.3 Å². The van der Waals surface area contributed by atoms with Gasteiger partial charge in [0.25, 0.3) is 0 Å². The zero-order valence-electron chi connectivity index (χ0n) is 17.1. The van der Waals surface area contributed by atoms with Crippen molar-refractivity contribution in [1.82, 2.24) is 9.62 Å². The highest BCUT2D eigenvalue weighted by Crippen LogP contribution is 2.45. The first-order valence-electron chi connectivity index (χ1n) is 10.2. The van der Waals surface area contributed by atoms with Crippen LogP contribution in [0.3, 0.4) is 0 Å². The van der Waals surface area contributed by atoms with Gasteiger partial charge in [0.1, 0.15) is 0 Å². The maximum atomic E-state index is 12.8. The molecule has 6 nitrogen and oxygen atoms in total. The van der Waals surface area contributed by atoms with E-state index in [-0.39, 0.29) is 23.6 Å². The lowest BCUT2D eigenvalue weighted by Gasteiger charge is -2.28. The van der Waals surface area contributed by atoms with Crippen LogP contribution in [-0.4, -0.2) is 49.2 Å². The summed E-state index contributed by atoms with van der Waals surface area (Å²) in [4.78, 5) is 53.7. The third-order valence-corrected chi connectivity index (χ3v) is 7.04. The predicted octanol–water partition coefficient (Wildman–Crippen LogP) is 2.03. The Labute approximate surface area is 182 Å². The normalized spacial score (nSPS) is 15.9. The van der Waals surface area contributed by atoms with Crippen molar-refractivity contribution in [3.05, 3.63) is 70.8 Å². The van der Waals surface area contributed by atoms with Crippen molar-refractivity contribution in [2.45, 2.75) is 0 Å². The highest BCUT2D eigenvalue weighted by Gasteiger charge is 2.34. The van der Waals surface area contributed by atoms with Gasteiger partial charge in [0, 0.05) is 33.0 Å². The summed E-state index contributed by atoms with van der Waals surface area (Å²) in [5.74, 6) is -1.27. The summed E-state index contributed by atoms with van der Waals surface area (Å²) in [5.41, 5.74) is 2.01. The van der Waals surface area contributed by atoms with Crippen LogP contribution < -0.4 is 0 Å². The first kappa shape index (κ1) is 17.5. The number of carbonyl (C=O) groups excluding carboxylic acids is 4. The quantitative estimate of drug-likeness (QED) is 0.168. The molecule has 0 N–H and O–H groups in total. The smallest absolute Gasteiger partial charge is 0.248 e. The highest BCUT2D eigenvalue weighted by atomic mass is 16.2. The molecule has 0 unspecified atom stereocenters. The Balaban J connectivity index is 1.77. The third kappa shape index (κ3) is 1.73. The SMILES string of the molecule is BN1C(=O)c2ccc3c4ccc5c6c(ccc(c7ccc(c2c37)C1=O)c64)C(=O)N(B)C5=O. The summed E-state index contributed by atoms with van der Waals surface area (Å²) in [6, 6.07) is 14.7. The Morgan fingerprint density at radius 1 is 0.406 bits per heavy atom. The molecule has 0 bridgehead atoms. The molecule has 7 rings (SSSR count). The van der Waals surface area contributed by atoms with E-state index in [2.05, 4.69) is 0 Å². The molecule has 2 heterocycles. The van der Waals surface area contributed by atoms with E-state index in [0.717, 1.165) is 41.9 Å². The number of imide groups is 2. The summed E-state index contributed by atoms with van der Waals surface area (Å²) in [7, 11) is 2.99. The largest absolute Gasteiger partial charge is 0.328 e. The van der Waals surface area contributed by atoms with Crippen LogP contribution >= 0.6 is 0 Å². The van der Waals surface area contributed by atoms with Crippen molar-refractivity contribution in [1.29, 1.82) is 0 Å². The Morgan fingerprint density at radius 3 is 0.906 bits per heavy atom. The zero-order chi connectivity index (χ0) is 22.0. The van der Waals surface area contributed by atoms with Gasteiger partial charge >= 0.3 is 0 Å². The molecular weight excluding hydrogens is 402 g/mol. The molecule has 8 heteroatoms. The van der Waals surface area contributed by atoms with Crippen LogP contribution in [0.15, 0.2) is 48.5 Å². The minimum Gasteiger partial charge on any atom is -0.328 e. The number of nitrogens with zero attached hydrogens (tertiary/aromatic N) is 2. The topological polar surface area (TPSA) is 74.8 Å². The fourth-order valence-electron chi connectivity index (χ4n) is 5.51. The number of benzene rings is 5. The van der Waals surface area contributed by atoms with Gasteiger partial charge in [-0.1, -0.05) is 24.3 Å². The monoisotopic (exact) mass is 414 g/mol. The first-order chi connectivity index (χ1) is 15.4. The molecule has 0 atom stereocenters. The minimum atomic E-state index is -0.318. The lowest BCUT2D eigenvalue weighted by molar-refractivity contribution is 0.0710. The van der Waals surface area contributed by atoms with Crippen LogP contribution in [0, 0.1) is 0 Å². The molecule has 0 spiro atoms. The van der Waals surface area contributed by atoms with E-state index in [0.29, 0.717) is 33.0 Å². The van der Waals surface area contributed by atoms with Crippen molar-refractivity contribution < 1.29 is 19.2 Å². The average Bonchev–Trinajstić information content (AvgIpc) is 2.82. The number of fused-ring (bicyclic) bond motifs is 2. The second kappa shape index (κ2) is 5.34. The molecule has 2 aliphatic heterocycles. The Morgan fingerprint density at radius 2 is 0.656 bits per heavy atom. The second-order valence-corrected chi connectivity index (χ2v) is 8.48. The highest BCUT2D eigenvalue weighted by molar-refractivity contribution is 6.45. The first-order valence-corrected chi connectivity index (χ1v) is 10.2. The van der Waals surface area contributed by atoms with Crippen LogP contribution in [-0.2, 0) is 0 Å². The fraction of sp³-hybridized carbons (Fsp3) is 0. The van der Waals surface area contributed by atoms with Crippen molar-refractivity contribution in [2.75, 3.05) is 0 Å². The average molecular weight is 414 g/mol. The van der Waals surface area contributed by atoms with Crippen LogP contribution in [0.2, 0.25) is 0 Å². The molecule has 4 amide bonds. The zero-order valence-corrected chi connectivity index (χ0v) is 17.1. The Hall–Kier alpha value is -4.19. The molecule has 0 radical (unpaired) electrons. The summed E-state index contributed by atoms with van der Waals surface area (Å²) in [6.07, 6.45) is 0. The van der Waals surface area contributed by atoms with Gasteiger partial charge in [-0.2, -0.15) is 0 Å².